The van der Waals surface area contributed by atoms with E-state index in [1.807, 2.05) is 0 Å². The largest absolute Gasteiger partial charge is 0.322 e. The van der Waals surface area contributed by atoms with Crippen molar-refractivity contribution in [1.82, 2.24) is 0 Å². The lowest BCUT2D eigenvalue weighted by atomic mass is 9.91. The molecule has 1 fully saturated rings. The van der Waals surface area contributed by atoms with Gasteiger partial charge in [0.2, 0.25) is 0 Å². The Kier molecular flexibility index (Phi) is 19.2. The van der Waals surface area contributed by atoms with Crippen LogP contribution < -0.4 is 0 Å². The fourth-order valence-corrected chi connectivity index (χ4v) is 6.20. The van der Waals surface area contributed by atoms with E-state index in [4.69, 9.17) is 0 Å². The van der Waals surface area contributed by atoms with Crippen LogP contribution in [0.25, 0.3) is 0 Å². The lowest BCUT2D eigenvalue weighted by Gasteiger charge is -2.45. The van der Waals surface area contributed by atoms with Crippen LogP contribution in [0.4, 0.5) is 0 Å². The summed E-state index contributed by atoms with van der Waals surface area (Å²) in [4.78, 5) is 0. The molecule has 0 N–H and O–H groups in total. The van der Waals surface area contributed by atoms with E-state index in [0.29, 0.717) is 0 Å². The summed E-state index contributed by atoms with van der Waals surface area (Å²) in [5.74, 6) is 0. The van der Waals surface area contributed by atoms with Gasteiger partial charge in [0, 0.05) is 0 Å². The van der Waals surface area contributed by atoms with E-state index >= 15 is 0 Å². The molecule has 1 heteroatoms. The Bertz CT molecular complexity index is 353. The highest BCUT2D eigenvalue weighted by molar-refractivity contribution is 4.67. The van der Waals surface area contributed by atoms with Gasteiger partial charge in [0.25, 0.3) is 0 Å². The molecule has 0 aromatic heterocycles. The minimum Gasteiger partial charge on any atom is -0.322 e. The van der Waals surface area contributed by atoms with Crippen molar-refractivity contribution in [3.05, 3.63) is 0 Å². The summed E-state index contributed by atoms with van der Waals surface area (Å²) in [5.41, 5.74) is 0. The van der Waals surface area contributed by atoms with Crippen LogP contribution >= 0.6 is 0 Å². The van der Waals surface area contributed by atoms with Gasteiger partial charge >= 0.3 is 0 Å². The van der Waals surface area contributed by atoms with Gasteiger partial charge in [-0.15, -0.1) is 0 Å². The molecule has 0 aliphatic heterocycles. The van der Waals surface area contributed by atoms with Gasteiger partial charge in [0.1, 0.15) is 0 Å². The highest BCUT2D eigenvalue weighted by atomic mass is 15.4. The van der Waals surface area contributed by atoms with Crippen molar-refractivity contribution in [2.45, 2.75) is 174 Å². The SMILES string of the molecule is CCCCCCCCCCCCCCCCCCCC[N+](CC)(CC)C1CCCCC1. The Balaban J connectivity index is 1.86. The van der Waals surface area contributed by atoms with Crippen LogP contribution in [-0.2, 0) is 0 Å². The molecule has 0 spiro atoms. The first-order chi connectivity index (χ1) is 15.3. The van der Waals surface area contributed by atoms with Crippen molar-refractivity contribution in [3.63, 3.8) is 0 Å². The predicted octanol–water partition coefficient (Wildman–Crippen LogP) is 10.2. The fourth-order valence-electron chi connectivity index (χ4n) is 6.20. The third-order valence-corrected chi connectivity index (χ3v) is 8.57. The molecular weight excluding hydrogens is 374 g/mol. The molecule has 0 aromatic rings. The molecule has 0 heterocycles. The van der Waals surface area contributed by atoms with Crippen molar-refractivity contribution < 1.29 is 4.48 Å². The van der Waals surface area contributed by atoms with Gasteiger partial charge in [-0.2, -0.15) is 0 Å². The number of rotatable bonds is 22. The number of unbranched alkanes of at least 4 members (excludes halogenated alkanes) is 17. The van der Waals surface area contributed by atoms with Crippen LogP contribution in [-0.4, -0.2) is 30.2 Å². The molecule has 186 valence electrons. The predicted molar refractivity (Wildman–Crippen MR) is 142 cm³/mol. The van der Waals surface area contributed by atoms with Crippen LogP contribution in [0, 0.1) is 0 Å². The zero-order chi connectivity index (χ0) is 22.5. The monoisotopic (exact) mass is 436 g/mol. The summed E-state index contributed by atoms with van der Waals surface area (Å²) in [6.07, 6.45) is 34.0. The van der Waals surface area contributed by atoms with Gasteiger partial charge in [-0.1, -0.05) is 116 Å². The molecule has 0 saturated heterocycles. The molecule has 0 unspecified atom stereocenters. The smallest absolute Gasteiger partial charge is 0.0890 e. The average molecular weight is 437 g/mol. The first-order valence-electron chi connectivity index (χ1n) is 15.1. The molecule has 0 radical (unpaired) electrons. The Labute approximate surface area is 198 Å². The fraction of sp³-hybridized carbons (Fsp3) is 1.00. The maximum Gasteiger partial charge on any atom is 0.0890 e. The van der Waals surface area contributed by atoms with Gasteiger partial charge in [-0.3, -0.25) is 0 Å². The van der Waals surface area contributed by atoms with Crippen molar-refractivity contribution in [2.75, 3.05) is 19.6 Å². The molecule has 0 amide bonds. The van der Waals surface area contributed by atoms with Crippen LogP contribution in [0.5, 0.6) is 0 Å². The summed E-state index contributed by atoms with van der Waals surface area (Å²) < 4.78 is 1.43. The minimum absolute atomic E-state index is 0.981. The van der Waals surface area contributed by atoms with E-state index in [0.717, 1.165) is 6.04 Å². The van der Waals surface area contributed by atoms with Crippen molar-refractivity contribution >= 4 is 0 Å². The first-order valence-corrected chi connectivity index (χ1v) is 15.1. The summed E-state index contributed by atoms with van der Waals surface area (Å²) in [7, 11) is 0. The molecule has 0 aromatic carbocycles. The first kappa shape index (κ1) is 29.0. The van der Waals surface area contributed by atoms with E-state index in [1.165, 1.54) is 172 Å². The zero-order valence-electron chi connectivity index (χ0n) is 22.4. The minimum atomic E-state index is 0.981. The second-order valence-corrected chi connectivity index (χ2v) is 10.9. The number of nitrogens with zero attached hydrogens (tertiary/aromatic N) is 1. The topological polar surface area (TPSA) is 0 Å². The standard InChI is InChI=1S/C30H62N/c1-4-7-8-9-10-11-12-13-14-15-16-17-18-19-20-21-22-26-29-31(5-2,6-3)30-27-24-23-25-28-30/h30H,4-29H2,1-3H3/q+1. The number of quaternary nitrogens is 1. The Hall–Kier alpha value is -0.0400. The van der Waals surface area contributed by atoms with Crippen molar-refractivity contribution in [1.29, 1.82) is 0 Å². The molecule has 0 atom stereocenters. The molecule has 1 rings (SSSR count). The van der Waals surface area contributed by atoms with Crippen LogP contribution in [0.3, 0.4) is 0 Å². The van der Waals surface area contributed by atoms with E-state index < -0.39 is 0 Å². The molecule has 1 aliphatic carbocycles. The quantitative estimate of drug-likeness (QED) is 0.117. The van der Waals surface area contributed by atoms with E-state index in [2.05, 4.69) is 20.8 Å². The normalized spacial score (nSPS) is 15.6. The Morgan fingerprint density at radius 2 is 0.806 bits per heavy atom. The average Bonchev–Trinajstić information content (AvgIpc) is 2.81. The zero-order valence-corrected chi connectivity index (χ0v) is 22.4. The van der Waals surface area contributed by atoms with Crippen LogP contribution in [0.1, 0.15) is 168 Å². The third kappa shape index (κ3) is 14.0. The summed E-state index contributed by atoms with van der Waals surface area (Å²) in [6.45, 7) is 11.4. The third-order valence-electron chi connectivity index (χ3n) is 8.57. The van der Waals surface area contributed by atoms with Gasteiger partial charge in [0.15, 0.2) is 0 Å². The van der Waals surface area contributed by atoms with Crippen LogP contribution in [0.15, 0.2) is 0 Å². The Morgan fingerprint density at radius 1 is 0.452 bits per heavy atom. The molecule has 31 heavy (non-hydrogen) atoms. The molecule has 0 bridgehead atoms. The van der Waals surface area contributed by atoms with Gasteiger partial charge < -0.3 is 4.48 Å². The molecule has 1 saturated carbocycles. The van der Waals surface area contributed by atoms with E-state index in [9.17, 15) is 0 Å². The van der Waals surface area contributed by atoms with Crippen molar-refractivity contribution in [2.24, 2.45) is 0 Å². The summed E-state index contributed by atoms with van der Waals surface area (Å²) in [6, 6.07) is 0.981. The second-order valence-electron chi connectivity index (χ2n) is 10.9. The molecule has 1 nitrogen and oxygen atoms in total. The molecular formula is C30H62N+. The second kappa shape index (κ2) is 20.6. The number of hydrogen-bond donors (Lipinski definition) is 0. The highest BCUT2D eigenvalue weighted by Gasteiger charge is 2.34. The summed E-state index contributed by atoms with van der Waals surface area (Å²) in [5, 5.41) is 0. The summed E-state index contributed by atoms with van der Waals surface area (Å²) >= 11 is 0. The molecule has 1 aliphatic rings. The highest BCUT2D eigenvalue weighted by Crippen LogP contribution is 2.29. The Morgan fingerprint density at radius 3 is 1.16 bits per heavy atom. The maximum absolute atomic E-state index is 2.45. The van der Waals surface area contributed by atoms with Gasteiger partial charge in [-0.25, -0.2) is 0 Å². The number of hydrogen-bond acceptors (Lipinski definition) is 0. The van der Waals surface area contributed by atoms with E-state index in [1.54, 1.807) is 0 Å². The lowest BCUT2D eigenvalue weighted by Crippen LogP contribution is -2.56. The van der Waals surface area contributed by atoms with Gasteiger partial charge in [0.05, 0.1) is 25.7 Å². The lowest BCUT2D eigenvalue weighted by molar-refractivity contribution is -0.949. The van der Waals surface area contributed by atoms with E-state index in [-0.39, 0.29) is 0 Å². The van der Waals surface area contributed by atoms with Gasteiger partial charge in [-0.05, 0) is 52.4 Å². The van der Waals surface area contributed by atoms with Crippen molar-refractivity contribution in [3.8, 4) is 0 Å². The van der Waals surface area contributed by atoms with Crippen LogP contribution in [0.2, 0.25) is 0 Å². The maximum atomic E-state index is 2.45.